The predicted molar refractivity (Wildman–Crippen MR) is 120 cm³/mol. The van der Waals surface area contributed by atoms with Gasteiger partial charge in [0, 0.05) is 17.8 Å². The smallest absolute Gasteiger partial charge is 0.266 e. The number of nitrogens with zero attached hydrogens (tertiary/aromatic N) is 2. The zero-order valence-electron chi connectivity index (χ0n) is 17.3. The molecule has 0 spiro atoms. The number of nitriles is 1. The van der Waals surface area contributed by atoms with Crippen molar-refractivity contribution in [3.05, 3.63) is 64.2 Å². The van der Waals surface area contributed by atoms with Crippen molar-refractivity contribution < 1.29 is 4.79 Å². The Morgan fingerprint density at radius 3 is 2.72 bits per heavy atom. The molecule has 29 heavy (non-hydrogen) atoms. The Morgan fingerprint density at radius 2 is 2.07 bits per heavy atom. The third-order valence-electron chi connectivity index (χ3n) is 5.52. The molecular formula is C24H26ClN3O. The van der Waals surface area contributed by atoms with Crippen molar-refractivity contribution in [1.82, 2.24) is 0 Å². The summed E-state index contributed by atoms with van der Waals surface area (Å²) >= 11 is 6.10. The number of halogens is 1. The van der Waals surface area contributed by atoms with Crippen LogP contribution in [0.25, 0.3) is 6.08 Å². The fourth-order valence-corrected chi connectivity index (χ4v) is 4.45. The number of amides is 1. The Bertz CT molecular complexity index is 1000. The molecule has 0 bridgehead atoms. The SMILES string of the molecule is CCN1c2ccc(/C=C(/C#N)C(=O)Nc3ccccc3Cl)cc2[C@@H](C)CC1(C)C. The van der Waals surface area contributed by atoms with E-state index in [-0.39, 0.29) is 11.1 Å². The van der Waals surface area contributed by atoms with Gasteiger partial charge in [0.2, 0.25) is 0 Å². The molecule has 4 nitrogen and oxygen atoms in total. The van der Waals surface area contributed by atoms with E-state index in [1.165, 1.54) is 11.3 Å². The summed E-state index contributed by atoms with van der Waals surface area (Å²) in [5.41, 5.74) is 3.96. The average Bonchev–Trinajstić information content (AvgIpc) is 2.67. The number of rotatable bonds is 4. The van der Waals surface area contributed by atoms with Crippen molar-refractivity contribution >= 4 is 35.0 Å². The van der Waals surface area contributed by atoms with Crippen LogP contribution < -0.4 is 10.2 Å². The van der Waals surface area contributed by atoms with Crippen molar-refractivity contribution in [3.8, 4) is 6.07 Å². The number of carbonyl (C=O) groups excluding carboxylic acids is 1. The highest BCUT2D eigenvalue weighted by Gasteiger charge is 2.35. The second-order valence-corrected chi connectivity index (χ2v) is 8.49. The Balaban J connectivity index is 1.91. The van der Waals surface area contributed by atoms with Gasteiger partial charge in [0.25, 0.3) is 5.91 Å². The Kier molecular flexibility index (Phi) is 6.00. The molecule has 3 rings (SSSR count). The number of para-hydroxylation sites is 1. The summed E-state index contributed by atoms with van der Waals surface area (Å²) in [6.45, 7) is 9.89. The normalized spacial score (nSPS) is 18.0. The van der Waals surface area contributed by atoms with Gasteiger partial charge in [-0.3, -0.25) is 4.79 Å². The lowest BCUT2D eigenvalue weighted by Gasteiger charge is -2.47. The number of hydrogen-bond donors (Lipinski definition) is 1. The van der Waals surface area contributed by atoms with E-state index in [0.29, 0.717) is 16.6 Å². The minimum Gasteiger partial charge on any atom is -0.366 e. The molecule has 2 aromatic rings. The summed E-state index contributed by atoms with van der Waals surface area (Å²) in [5, 5.41) is 12.7. The maximum atomic E-state index is 12.6. The van der Waals surface area contributed by atoms with Gasteiger partial charge in [0.05, 0.1) is 10.7 Å². The third kappa shape index (κ3) is 4.31. The molecule has 0 aromatic heterocycles. The largest absolute Gasteiger partial charge is 0.366 e. The molecule has 0 saturated carbocycles. The number of carbonyl (C=O) groups is 1. The van der Waals surface area contributed by atoms with Gasteiger partial charge in [-0.25, -0.2) is 0 Å². The molecule has 1 aliphatic rings. The molecule has 1 atom stereocenters. The van der Waals surface area contributed by atoms with Crippen LogP contribution in [-0.4, -0.2) is 18.0 Å². The van der Waals surface area contributed by atoms with Gasteiger partial charge in [-0.15, -0.1) is 0 Å². The second kappa shape index (κ2) is 8.31. The van der Waals surface area contributed by atoms with E-state index < -0.39 is 5.91 Å². The molecule has 0 unspecified atom stereocenters. The second-order valence-electron chi connectivity index (χ2n) is 8.08. The van der Waals surface area contributed by atoms with Crippen LogP contribution in [0.5, 0.6) is 0 Å². The first-order chi connectivity index (χ1) is 13.8. The average molecular weight is 408 g/mol. The van der Waals surface area contributed by atoms with Crippen LogP contribution in [0.4, 0.5) is 11.4 Å². The topological polar surface area (TPSA) is 56.1 Å². The fourth-order valence-electron chi connectivity index (χ4n) is 4.26. The number of fused-ring (bicyclic) bond motifs is 1. The van der Waals surface area contributed by atoms with E-state index in [1.54, 1.807) is 30.3 Å². The fraction of sp³-hybridized carbons (Fsp3) is 0.333. The van der Waals surface area contributed by atoms with Crippen molar-refractivity contribution in [3.63, 3.8) is 0 Å². The molecule has 1 N–H and O–H groups in total. The Labute approximate surface area is 177 Å². The Morgan fingerprint density at radius 1 is 1.34 bits per heavy atom. The molecular weight excluding hydrogens is 382 g/mol. The summed E-state index contributed by atoms with van der Waals surface area (Å²) in [7, 11) is 0. The van der Waals surface area contributed by atoms with Crippen LogP contribution in [-0.2, 0) is 4.79 Å². The molecule has 2 aromatic carbocycles. The van der Waals surface area contributed by atoms with Gasteiger partial charge in [0.15, 0.2) is 0 Å². The van der Waals surface area contributed by atoms with Crippen LogP contribution in [0.2, 0.25) is 5.02 Å². The zero-order chi connectivity index (χ0) is 21.2. The molecule has 0 aliphatic carbocycles. The van der Waals surface area contributed by atoms with Crippen molar-refractivity contribution in [2.45, 2.75) is 45.6 Å². The molecule has 1 amide bonds. The van der Waals surface area contributed by atoms with Gasteiger partial charge in [-0.1, -0.05) is 36.7 Å². The molecule has 0 radical (unpaired) electrons. The van der Waals surface area contributed by atoms with Crippen LogP contribution in [0.1, 0.15) is 51.2 Å². The van der Waals surface area contributed by atoms with Crippen molar-refractivity contribution in [2.75, 3.05) is 16.8 Å². The van der Waals surface area contributed by atoms with Gasteiger partial charge < -0.3 is 10.2 Å². The van der Waals surface area contributed by atoms with E-state index in [1.807, 2.05) is 12.1 Å². The molecule has 5 heteroatoms. The minimum absolute atomic E-state index is 0.0426. The van der Waals surface area contributed by atoms with Crippen molar-refractivity contribution in [2.24, 2.45) is 0 Å². The molecule has 150 valence electrons. The van der Waals surface area contributed by atoms with Gasteiger partial charge in [0.1, 0.15) is 11.6 Å². The Hall–Kier alpha value is -2.77. The highest BCUT2D eigenvalue weighted by atomic mass is 35.5. The van der Waals surface area contributed by atoms with E-state index in [0.717, 1.165) is 18.5 Å². The summed E-state index contributed by atoms with van der Waals surface area (Å²) in [5.74, 6) is -0.0682. The van der Waals surface area contributed by atoms with Crippen LogP contribution in [0.15, 0.2) is 48.0 Å². The summed E-state index contributed by atoms with van der Waals surface area (Å²) in [6, 6.07) is 15.1. The van der Waals surface area contributed by atoms with E-state index in [2.05, 4.69) is 50.0 Å². The molecule has 1 aliphatic heterocycles. The standard InChI is InChI=1S/C24H26ClN3O/c1-5-28-22-11-10-17(13-19(22)16(2)14-24(28,3)4)12-18(15-26)23(29)27-21-9-7-6-8-20(21)25/h6-13,16H,5,14H2,1-4H3,(H,27,29)/b18-12-/t16-/m0/s1. The highest BCUT2D eigenvalue weighted by molar-refractivity contribution is 6.34. The summed E-state index contributed by atoms with van der Waals surface area (Å²) in [4.78, 5) is 15.0. The first-order valence-electron chi connectivity index (χ1n) is 9.86. The lowest BCUT2D eigenvalue weighted by atomic mass is 9.79. The lowest BCUT2D eigenvalue weighted by molar-refractivity contribution is -0.112. The van der Waals surface area contributed by atoms with Gasteiger partial charge in [-0.2, -0.15) is 5.26 Å². The maximum absolute atomic E-state index is 12.6. The van der Waals surface area contributed by atoms with E-state index >= 15 is 0 Å². The number of anilines is 2. The van der Waals surface area contributed by atoms with Gasteiger partial charge in [-0.05, 0) is 74.6 Å². The first kappa shape index (κ1) is 21.0. The van der Waals surface area contributed by atoms with Crippen LogP contribution >= 0.6 is 11.6 Å². The number of hydrogen-bond acceptors (Lipinski definition) is 3. The number of nitrogens with one attached hydrogen (secondary N) is 1. The predicted octanol–water partition coefficient (Wildman–Crippen LogP) is 6.00. The van der Waals surface area contributed by atoms with Gasteiger partial charge >= 0.3 is 0 Å². The summed E-state index contributed by atoms with van der Waals surface area (Å²) in [6.07, 6.45) is 2.69. The number of benzene rings is 2. The highest BCUT2D eigenvalue weighted by Crippen LogP contribution is 2.43. The quantitative estimate of drug-likeness (QED) is 0.499. The van der Waals surface area contributed by atoms with E-state index in [9.17, 15) is 10.1 Å². The lowest BCUT2D eigenvalue weighted by Crippen LogP contribution is -2.48. The van der Waals surface area contributed by atoms with Crippen LogP contribution in [0.3, 0.4) is 0 Å². The first-order valence-corrected chi connectivity index (χ1v) is 10.2. The maximum Gasteiger partial charge on any atom is 0.266 e. The third-order valence-corrected chi connectivity index (χ3v) is 5.85. The molecule has 0 fully saturated rings. The van der Waals surface area contributed by atoms with Crippen LogP contribution in [0, 0.1) is 11.3 Å². The monoisotopic (exact) mass is 407 g/mol. The molecule has 1 heterocycles. The van der Waals surface area contributed by atoms with Crippen molar-refractivity contribution in [1.29, 1.82) is 5.26 Å². The van der Waals surface area contributed by atoms with E-state index in [4.69, 9.17) is 11.6 Å². The summed E-state index contributed by atoms with van der Waals surface area (Å²) < 4.78 is 0. The zero-order valence-corrected chi connectivity index (χ0v) is 18.0. The molecule has 0 saturated heterocycles. The minimum atomic E-state index is -0.470.